The summed E-state index contributed by atoms with van der Waals surface area (Å²) in [5, 5.41) is 0. The van der Waals surface area contributed by atoms with E-state index in [-0.39, 0.29) is 29.2 Å². The van der Waals surface area contributed by atoms with Gasteiger partial charge in [-0.15, -0.1) is 0 Å². The van der Waals surface area contributed by atoms with Gasteiger partial charge in [-0.2, -0.15) is 0 Å². The molecule has 26 heavy (non-hydrogen) atoms. The van der Waals surface area contributed by atoms with Crippen LogP contribution in [0.3, 0.4) is 0 Å². The van der Waals surface area contributed by atoms with E-state index < -0.39 is 10.0 Å². The average molecular weight is 369 g/mol. The Balaban J connectivity index is 1.52. The maximum Gasteiger partial charge on any atom is 0.263 e. The molecule has 2 aliphatic rings. The molecule has 4 rings (SSSR count). The van der Waals surface area contributed by atoms with E-state index in [4.69, 9.17) is 0 Å². The van der Waals surface area contributed by atoms with Crippen LogP contribution in [0.15, 0.2) is 64.5 Å². The predicted molar refractivity (Wildman–Crippen MR) is 98.2 cm³/mol. The Labute approximate surface area is 152 Å². The quantitative estimate of drug-likeness (QED) is 0.874. The molecule has 0 spiro atoms. The van der Waals surface area contributed by atoms with Gasteiger partial charge in [0.15, 0.2) is 0 Å². The summed E-state index contributed by atoms with van der Waals surface area (Å²) in [6.07, 6.45) is 2.01. The van der Waals surface area contributed by atoms with Crippen LogP contribution in [0.1, 0.15) is 24.0 Å². The highest BCUT2D eigenvalue weighted by molar-refractivity contribution is 7.90. The lowest BCUT2D eigenvalue weighted by atomic mass is 10.2. The predicted octanol–water partition coefficient (Wildman–Crippen LogP) is 1.92. The van der Waals surface area contributed by atoms with E-state index >= 15 is 0 Å². The standard InChI is InChI=1S/C19H19N3O3S/c23-18(22(15-10-11-15)13-14-6-2-1-3-7-14)12-20-19-16-8-4-5-9-17(16)26(24,25)21-19/h1-9,15H,10-13H2,(H,20,21). The molecule has 6 nitrogen and oxygen atoms in total. The molecule has 1 saturated carbocycles. The first-order valence-electron chi connectivity index (χ1n) is 8.55. The fraction of sp³-hybridized carbons (Fsp3) is 0.263. The largest absolute Gasteiger partial charge is 0.334 e. The van der Waals surface area contributed by atoms with Gasteiger partial charge in [0, 0.05) is 18.2 Å². The third kappa shape index (κ3) is 3.35. The summed E-state index contributed by atoms with van der Waals surface area (Å²) < 4.78 is 26.7. The fourth-order valence-corrected chi connectivity index (χ4v) is 4.33. The Kier molecular flexibility index (Phi) is 4.24. The van der Waals surface area contributed by atoms with Crippen molar-refractivity contribution in [2.24, 2.45) is 4.99 Å². The van der Waals surface area contributed by atoms with Crippen molar-refractivity contribution in [3.8, 4) is 0 Å². The highest BCUT2D eigenvalue weighted by Crippen LogP contribution is 2.28. The van der Waals surface area contributed by atoms with E-state index in [1.807, 2.05) is 35.2 Å². The van der Waals surface area contributed by atoms with Crippen molar-refractivity contribution in [2.75, 3.05) is 6.54 Å². The summed E-state index contributed by atoms with van der Waals surface area (Å²) >= 11 is 0. The van der Waals surface area contributed by atoms with Crippen LogP contribution in [-0.2, 0) is 21.4 Å². The Hall–Kier alpha value is -2.67. The summed E-state index contributed by atoms with van der Waals surface area (Å²) in [6, 6.07) is 16.8. The number of amides is 1. The second kappa shape index (κ2) is 6.57. The molecule has 1 fully saturated rings. The van der Waals surface area contributed by atoms with Gasteiger partial charge in [0.2, 0.25) is 5.91 Å². The molecule has 0 saturated heterocycles. The lowest BCUT2D eigenvalue weighted by Gasteiger charge is -2.21. The fourth-order valence-electron chi connectivity index (χ4n) is 3.08. The molecule has 1 heterocycles. The van der Waals surface area contributed by atoms with Gasteiger partial charge in [0.25, 0.3) is 10.0 Å². The minimum Gasteiger partial charge on any atom is -0.334 e. The number of hydrogen-bond donors (Lipinski definition) is 1. The second-order valence-electron chi connectivity index (χ2n) is 6.50. The lowest BCUT2D eigenvalue weighted by Crippen LogP contribution is -2.35. The molecule has 134 valence electrons. The Morgan fingerprint density at radius 2 is 1.77 bits per heavy atom. The van der Waals surface area contributed by atoms with Crippen LogP contribution in [0.25, 0.3) is 0 Å². The smallest absolute Gasteiger partial charge is 0.263 e. The van der Waals surface area contributed by atoms with Crippen LogP contribution in [0.4, 0.5) is 0 Å². The van der Waals surface area contributed by atoms with E-state index in [9.17, 15) is 13.2 Å². The number of rotatable bonds is 5. The number of carbonyl (C=O) groups is 1. The Bertz CT molecular complexity index is 967. The van der Waals surface area contributed by atoms with Crippen molar-refractivity contribution < 1.29 is 13.2 Å². The van der Waals surface area contributed by atoms with Crippen molar-refractivity contribution >= 4 is 21.8 Å². The van der Waals surface area contributed by atoms with E-state index in [0.717, 1.165) is 18.4 Å². The van der Waals surface area contributed by atoms with Gasteiger partial charge in [-0.25, -0.2) is 8.42 Å². The number of fused-ring (bicyclic) bond motifs is 1. The van der Waals surface area contributed by atoms with E-state index in [0.29, 0.717) is 12.1 Å². The number of hydrogen-bond acceptors (Lipinski definition) is 4. The zero-order chi connectivity index (χ0) is 18.1. The SMILES string of the molecule is O=C(CN=C1NS(=O)(=O)c2ccccc21)N(Cc1ccccc1)C1CC1. The highest BCUT2D eigenvalue weighted by Gasteiger charge is 2.33. The summed E-state index contributed by atoms with van der Waals surface area (Å²) in [7, 11) is -3.58. The van der Waals surface area contributed by atoms with Gasteiger partial charge in [-0.3, -0.25) is 14.5 Å². The average Bonchev–Trinajstić information content (AvgIpc) is 3.45. The van der Waals surface area contributed by atoms with Crippen LogP contribution in [0, 0.1) is 0 Å². The minimum atomic E-state index is -3.58. The number of aliphatic imine (C=N–C) groups is 1. The van der Waals surface area contributed by atoms with Gasteiger partial charge in [0.05, 0.1) is 4.90 Å². The third-order valence-electron chi connectivity index (χ3n) is 4.54. The number of carbonyl (C=O) groups excluding carboxylic acids is 1. The summed E-state index contributed by atoms with van der Waals surface area (Å²) in [6.45, 7) is 0.479. The van der Waals surface area contributed by atoms with Crippen molar-refractivity contribution in [1.29, 1.82) is 0 Å². The summed E-state index contributed by atoms with van der Waals surface area (Å²) in [5.41, 5.74) is 1.59. The number of nitrogens with one attached hydrogen (secondary N) is 1. The first-order chi connectivity index (χ1) is 12.5. The zero-order valence-corrected chi connectivity index (χ0v) is 14.9. The topological polar surface area (TPSA) is 78.8 Å². The number of nitrogens with zero attached hydrogens (tertiary/aromatic N) is 2. The monoisotopic (exact) mass is 369 g/mol. The van der Waals surface area contributed by atoms with Crippen molar-refractivity contribution in [3.05, 3.63) is 65.7 Å². The van der Waals surface area contributed by atoms with Crippen LogP contribution in [0.5, 0.6) is 0 Å². The van der Waals surface area contributed by atoms with Crippen molar-refractivity contribution in [2.45, 2.75) is 30.3 Å². The van der Waals surface area contributed by atoms with Crippen LogP contribution in [0.2, 0.25) is 0 Å². The zero-order valence-electron chi connectivity index (χ0n) is 14.1. The maximum absolute atomic E-state index is 12.7. The van der Waals surface area contributed by atoms with Gasteiger partial charge in [-0.05, 0) is 30.5 Å². The van der Waals surface area contributed by atoms with Gasteiger partial charge >= 0.3 is 0 Å². The molecule has 0 unspecified atom stereocenters. The highest BCUT2D eigenvalue weighted by atomic mass is 32.2. The molecule has 2 aromatic rings. The molecular weight excluding hydrogens is 350 g/mol. The molecule has 1 aliphatic heterocycles. The van der Waals surface area contributed by atoms with Crippen molar-refractivity contribution in [3.63, 3.8) is 0 Å². The first-order valence-corrected chi connectivity index (χ1v) is 10.0. The van der Waals surface area contributed by atoms with E-state index in [1.54, 1.807) is 18.2 Å². The number of amidine groups is 1. The molecular formula is C19H19N3O3S. The molecule has 0 atom stereocenters. The molecule has 0 bridgehead atoms. The molecule has 0 radical (unpaired) electrons. The maximum atomic E-state index is 12.7. The Morgan fingerprint density at radius 3 is 2.50 bits per heavy atom. The first kappa shape index (κ1) is 16.8. The number of benzene rings is 2. The van der Waals surface area contributed by atoms with Gasteiger partial charge in [-0.1, -0.05) is 42.5 Å². The summed E-state index contributed by atoms with van der Waals surface area (Å²) in [4.78, 5) is 19.0. The molecule has 2 aromatic carbocycles. The van der Waals surface area contributed by atoms with Crippen LogP contribution < -0.4 is 4.72 Å². The van der Waals surface area contributed by atoms with Gasteiger partial charge in [0.1, 0.15) is 12.4 Å². The van der Waals surface area contributed by atoms with E-state index in [2.05, 4.69) is 9.71 Å². The van der Waals surface area contributed by atoms with Crippen LogP contribution in [-0.4, -0.2) is 37.6 Å². The molecule has 1 N–H and O–H groups in total. The minimum absolute atomic E-state index is 0.0739. The van der Waals surface area contributed by atoms with E-state index in [1.165, 1.54) is 6.07 Å². The molecule has 1 aliphatic carbocycles. The van der Waals surface area contributed by atoms with Crippen LogP contribution >= 0.6 is 0 Å². The third-order valence-corrected chi connectivity index (χ3v) is 5.94. The Morgan fingerprint density at radius 1 is 1.08 bits per heavy atom. The molecule has 1 amide bonds. The van der Waals surface area contributed by atoms with Gasteiger partial charge < -0.3 is 4.90 Å². The second-order valence-corrected chi connectivity index (χ2v) is 8.16. The summed E-state index contributed by atoms with van der Waals surface area (Å²) in [5.74, 6) is 0.150. The lowest BCUT2D eigenvalue weighted by molar-refractivity contribution is -0.130. The normalized spacial score (nSPS) is 19.0. The molecule has 7 heteroatoms. The number of sulfonamides is 1. The molecule has 0 aromatic heterocycles. The van der Waals surface area contributed by atoms with Crippen molar-refractivity contribution in [1.82, 2.24) is 9.62 Å².